The van der Waals surface area contributed by atoms with Crippen molar-refractivity contribution in [3.05, 3.63) is 0 Å². The molecular formula is C14H31NO. The highest BCUT2D eigenvalue weighted by Gasteiger charge is 2.06. The fourth-order valence-corrected chi connectivity index (χ4v) is 1.91. The molecule has 0 aliphatic heterocycles. The van der Waals surface area contributed by atoms with Crippen molar-refractivity contribution in [3.63, 3.8) is 0 Å². The Morgan fingerprint density at radius 1 is 0.938 bits per heavy atom. The monoisotopic (exact) mass is 229 g/mol. The van der Waals surface area contributed by atoms with Gasteiger partial charge in [-0.05, 0) is 39.2 Å². The van der Waals surface area contributed by atoms with Gasteiger partial charge < -0.3 is 10.1 Å². The fraction of sp³-hybridized carbons (Fsp3) is 1.00. The summed E-state index contributed by atoms with van der Waals surface area (Å²) in [5.41, 5.74) is 0. The second-order valence-corrected chi connectivity index (χ2v) is 4.49. The van der Waals surface area contributed by atoms with Crippen LogP contribution in [0.4, 0.5) is 0 Å². The van der Waals surface area contributed by atoms with Crippen molar-refractivity contribution in [1.82, 2.24) is 5.32 Å². The van der Waals surface area contributed by atoms with E-state index in [2.05, 4.69) is 26.1 Å². The van der Waals surface area contributed by atoms with E-state index in [-0.39, 0.29) is 0 Å². The average Bonchev–Trinajstić information content (AvgIpc) is 2.31. The number of hydrogen-bond acceptors (Lipinski definition) is 2. The third-order valence-corrected chi connectivity index (χ3v) is 2.88. The van der Waals surface area contributed by atoms with E-state index in [1.807, 2.05) is 0 Å². The summed E-state index contributed by atoms with van der Waals surface area (Å²) in [6.07, 6.45) is 9.09. The lowest BCUT2D eigenvalue weighted by atomic mass is 10.0. The van der Waals surface area contributed by atoms with Crippen LogP contribution in [-0.2, 0) is 4.74 Å². The minimum absolute atomic E-state index is 0.715. The van der Waals surface area contributed by atoms with Gasteiger partial charge in [0.25, 0.3) is 0 Å². The van der Waals surface area contributed by atoms with Crippen molar-refractivity contribution in [2.45, 2.75) is 71.8 Å². The molecule has 0 bridgehead atoms. The molecule has 98 valence electrons. The second-order valence-electron chi connectivity index (χ2n) is 4.49. The Labute approximate surface area is 102 Å². The Morgan fingerprint density at radius 3 is 2.31 bits per heavy atom. The Balaban J connectivity index is 3.54. The number of unbranched alkanes of at least 4 members (excludes halogenated alkanes) is 2. The molecule has 0 spiro atoms. The molecule has 16 heavy (non-hydrogen) atoms. The molecule has 0 heterocycles. The lowest BCUT2D eigenvalue weighted by Gasteiger charge is -2.18. The molecule has 0 saturated heterocycles. The molecule has 0 amide bonds. The van der Waals surface area contributed by atoms with Gasteiger partial charge in [-0.25, -0.2) is 0 Å². The zero-order valence-corrected chi connectivity index (χ0v) is 11.6. The molecule has 0 aliphatic rings. The standard InChI is InChI=1S/C14H31NO/c1-4-7-8-10-14(15-12-5-2)11-9-13-16-6-3/h14-15H,4-13H2,1-3H3. The molecule has 0 fully saturated rings. The first-order chi connectivity index (χ1) is 7.85. The van der Waals surface area contributed by atoms with Gasteiger partial charge in [-0.1, -0.05) is 33.1 Å². The molecule has 1 unspecified atom stereocenters. The zero-order chi connectivity index (χ0) is 12.1. The van der Waals surface area contributed by atoms with Crippen LogP contribution in [0.25, 0.3) is 0 Å². The van der Waals surface area contributed by atoms with Gasteiger partial charge >= 0.3 is 0 Å². The van der Waals surface area contributed by atoms with E-state index >= 15 is 0 Å². The van der Waals surface area contributed by atoms with E-state index in [1.54, 1.807) is 0 Å². The van der Waals surface area contributed by atoms with Crippen LogP contribution in [0.2, 0.25) is 0 Å². The van der Waals surface area contributed by atoms with Crippen molar-refractivity contribution >= 4 is 0 Å². The van der Waals surface area contributed by atoms with E-state index in [0.29, 0.717) is 6.04 Å². The average molecular weight is 229 g/mol. The van der Waals surface area contributed by atoms with E-state index in [0.717, 1.165) is 19.8 Å². The smallest absolute Gasteiger partial charge is 0.0466 e. The van der Waals surface area contributed by atoms with Crippen molar-refractivity contribution < 1.29 is 4.74 Å². The first-order valence-electron chi connectivity index (χ1n) is 7.16. The summed E-state index contributed by atoms with van der Waals surface area (Å²) in [5, 5.41) is 3.65. The highest BCUT2D eigenvalue weighted by molar-refractivity contribution is 4.66. The highest BCUT2D eigenvalue weighted by atomic mass is 16.5. The van der Waals surface area contributed by atoms with Crippen molar-refractivity contribution in [2.24, 2.45) is 0 Å². The quantitative estimate of drug-likeness (QED) is 0.515. The maximum absolute atomic E-state index is 5.39. The first-order valence-corrected chi connectivity index (χ1v) is 7.16. The predicted octanol–water partition coefficient (Wildman–Crippen LogP) is 3.75. The zero-order valence-electron chi connectivity index (χ0n) is 11.6. The normalized spacial score (nSPS) is 12.9. The predicted molar refractivity (Wildman–Crippen MR) is 72.0 cm³/mol. The van der Waals surface area contributed by atoms with Gasteiger partial charge in [0, 0.05) is 19.3 Å². The summed E-state index contributed by atoms with van der Waals surface area (Å²) in [6, 6.07) is 0.715. The van der Waals surface area contributed by atoms with Crippen LogP contribution < -0.4 is 5.32 Å². The van der Waals surface area contributed by atoms with E-state index in [4.69, 9.17) is 4.74 Å². The number of rotatable bonds is 12. The third-order valence-electron chi connectivity index (χ3n) is 2.88. The van der Waals surface area contributed by atoms with Crippen LogP contribution in [0.15, 0.2) is 0 Å². The third kappa shape index (κ3) is 10.4. The molecule has 2 heteroatoms. The largest absolute Gasteiger partial charge is 0.382 e. The lowest BCUT2D eigenvalue weighted by Crippen LogP contribution is -2.30. The van der Waals surface area contributed by atoms with Gasteiger partial charge in [-0.15, -0.1) is 0 Å². The Kier molecular flexibility index (Phi) is 12.9. The molecule has 0 aromatic heterocycles. The van der Waals surface area contributed by atoms with Crippen LogP contribution >= 0.6 is 0 Å². The van der Waals surface area contributed by atoms with Crippen LogP contribution in [-0.4, -0.2) is 25.8 Å². The maximum atomic E-state index is 5.39. The number of ether oxygens (including phenoxy) is 1. The summed E-state index contributed by atoms with van der Waals surface area (Å²) < 4.78 is 5.39. The second kappa shape index (κ2) is 13.0. The summed E-state index contributed by atoms with van der Waals surface area (Å²) >= 11 is 0. The molecule has 0 aromatic carbocycles. The minimum Gasteiger partial charge on any atom is -0.382 e. The number of nitrogens with one attached hydrogen (secondary N) is 1. The topological polar surface area (TPSA) is 21.3 Å². The number of hydrogen-bond donors (Lipinski definition) is 1. The van der Waals surface area contributed by atoms with Gasteiger partial charge in [0.2, 0.25) is 0 Å². The van der Waals surface area contributed by atoms with Crippen LogP contribution in [0.1, 0.15) is 65.7 Å². The van der Waals surface area contributed by atoms with E-state index < -0.39 is 0 Å². The van der Waals surface area contributed by atoms with Crippen molar-refractivity contribution in [1.29, 1.82) is 0 Å². The molecule has 2 nitrogen and oxygen atoms in total. The van der Waals surface area contributed by atoms with Crippen molar-refractivity contribution in [3.8, 4) is 0 Å². The Hall–Kier alpha value is -0.0800. The molecule has 1 N–H and O–H groups in total. The van der Waals surface area contributed by atoms with Gasteiger partial charge in [0.15, 0.2) is 0 Å². The minimum atomic E-state index is 0.715. The summed E-state index contributed by atoms with van der Waals surface area (Å²) in [5.74, 6) is 0. The molecular weight excluding hydrogens is 198 g/mol. The van der Waals surface area contributed by atoms with Gasteiger partial charge in [-0.3, -0.25) is 0 Å². The van der Waals surface area contributed by atoms with Gasteiger partial charge in [-0.2, -0.15) is 0 Å². The Bertz CT molecular complexity index is 128. The maximum Gasteiger partial charge on any atom is 0.0466 e. The first kappa shape index (κ1) is 15.9. The summed E-state index contributed by atoms with van der Waals surface area (Å²) in [4.78, 5) is 0. The van der Waals surface area contributed by atoms with Crippen molar-refractivity contribution in [2.75, 3.05) is 19.8 Å². The molecule has 0 aromatic rings. The fourth-order valence-electron chi connectivity index (χ4n) is 1.91. The molecule has 0 radical (unpaired) electrons. The van der Waals surface area contributed by atoms with E-state index in [9.17, 15) is 0 Å². The van der Waals surface area contributed by atoms with Crippen LogP contribution in [0.3, 0.4) is 0 Å². The summed E-state index contributed by atoms with van der Waals surface area (Å²) in [7, 11) is 0. The Morgan fingerprint density at radius 2 is 1.69 bits per heavy atom. The van der Waals surface area contributed by atoms with Gasteiger partial charge in [0.1, 0.15) is 0 Å². The lowest BCUT2D eigenvalue weighted by molar-refractivity contribution is 0.140. The molecule has 1 atom stereocenters. The van der Waals surface area contributed by atoms with E-state index in [1.165, 1.54) is 44.9 Å². The summed E-state index contributed by atoms with van der Waals surface area (Å²) in [6.45, 7) is 9.50. The molecule has 0 aliphatic carbocycles. The van der Waals surface area contributed by atoms with Crippen LogP contribution in [0.5, 0.6) is 0 Å². The molecule has 0 rings (SSSR count). The highest BCUT2D eigenvalue weighted by Crippen LogP contribution is 2.08. The molecule has 0 saturated carbocycles. The SMILES string of the molecule is CCCCCC(CCCOCC)NCCC. The van der Waals surface area contributed by atoms with Gasteiger partial charge in [0.05, 0.1) is 0 Å². The van der Waals surface area contributed by atoms with Crippen LogP contribution in [0, 0.1) is 0 Å².